The molecule has 1 aliphatic heterocycles. The van der Waals surface area contributed by atoms with E-state index in [1.165, 1.54) is 4.57 Å². The normalized spacial score (nSPS) is 26.4. The minimum Gasteiger partial charge on any atom is -0.407 e. The Morgan fingerprint density at radius 3 is 2.63 bits per heavy atom. The zero-order chi connectivity index (χ0) is 22.4. The number of ether oxygens (including phenoxy) is 1. The second-order valence-corrected chi connectivity index (χ2v) is 14.3. The lowest BCUT2D eigenvalue weighted by atomic mass is 10.1. The Balaban J connectivity index is 2.13. The molecule has 3 rings (SSSR count). The third-order valence-electron chi connectivity index (χ3n) is 5.78. The van der Waals surface area contributed by atoms with Crippen molar-refractivity contribution in [3.05, 3.63) is 28.7 Å². The summed E-state index contributed by atoms with van der Waals surface area (Å²) in [7, 11) is -5.85. The van der Waals surface area contributed by atoms with Gasteiger partial charge >= 0.3 is 8.25 Å². The summed E-state index contributed by atoms with van der Waals surface area (Å²) in [6, 6.07) is 0. The van der Waals surface area contributed by atoms with Crippen molar-refractivity contribution >= 4 is 27.6 Å². The minimum absolute atomic E-state index is 0.0269. The smallest absolute Gasteiger partial charge is 0.317 e. The Hall–Kier alpha value is -1.40. The topological polar surface area (TPSA) is 136 Å². The first-order chi connectivity index (χ1) is 13.9. The highest BCUT2D eigenvalue weighted by molar-refractivity contribution is 7.32. The molecule has 2 aromatic heterocycles. The van der Waals surface area contributed by atoms with Crippen LogP contribution >= 0.6 is 8.25 Å². The Labute approximate surface area is 174 Å². The highest BCUT2D eigenvalue weighted by Gasteiger charge is 2.52. The van der Waals surface area contributed by atoms with Gasteiger partial charge in [-0.05, 0) is 18.1 Å². The molecule has 5 atom stereocenters. The van der Waals surface area contributed by atoms with Crippen LogP contribution < -0.4 is 5.56 Å². The molecule has 0 radical (unpaired) electrons. The number of aromatic nitrogens is 3. The van der Waals surface area contributed by atoms with Gasteiger partial charge in [0.15, 0.2) is 26.0 Å². The predicted octanol–water partition coefficient (Wildman–Crippen LogP) is 1.91. The maximum absolute atomic E-state index is 14.5. The summed E-state index contributed by atoms with van der Waals surface area (Å²) in [5.41, 5.74) is -0.623. The fourth-order valence-electron chi connectivity index (χ4n) is 3.22. The second-order valence-electron chi connectivity index (χ2n) is 8.75. The molecule has 0 aliphatic carbocycles. The van der Waals surface area contributed by atoms with Gasteiger partial charge in [0.1, 0.15) is 23.7 Å². The summed E-state index contributed by atoms with van der Waals surface area (Å²) in [4.78, 5) is 27.8. The largest absolute Gasteiger partial charge is 0.407 e. The molecule has 1 aliphatic rings. The molecule has 0 spiro atoms. The first-order valence-corrected chi connectivity index (χ1v) is 13.6. The van der Waals surface area contributed by atoms with E-state index in [9.17, 15) is 23.7 Å². The van der Waals surface area contributed by atoms with Crippen molar-refractivity contribution < 1.29 is 32.6 Å². The van der Waals surface area contributed by atoms with E-state index in [1.807, 2.05) is 33.9 Å². The summed E-state index contributed by atoms with van der Waals surface area (Å²) < 4.78 is 44.8. The average molecular weight is 463 g/mol. The van der Waals surface area contributed by atoms with E-state index in [0.717, 1.165) is 12.5 Å². The third kappa shape index (κ3) is 4.18. The number of aromatic amines is 1. The van der Waals surface area contributed by atoms with E-state index in [2.05, 4.69) is 9.97 Å². The van der Waals surface area contributed by atoms with Crippen LogP contribution in [-0.2, 0) is 18.3 Å². The highest BCUT2D eigenvalue weighted by atomic mass is 31.1. The number of rotatable bonds is 6. The SMILES string of the molecule is CC(C)(C)[Si](C)(C)O[C@@H]1[C@H](O[PH](=O)O)[C@@H](CO)O[C@H]1n1cc(F)c2c(=O)[nH]cnc21. The molecule has 0 bridgehead atoms. The molecule has 1 fully saturated rings. The number of halogens is 1. The van der Waals surface area contributed by atoms with E-state index in [1.54, 1.807) is 0 Å². The molecule has 168 valence electrons. The van der Waals surface area contributed by atoms with E-state index >= 15 is 0 Å². The Kier molecular flexibility index (Phi) is 6.41. The van der Waals surface area contributed by atoms with Crippen molar-refractivity contribution in [2.75, 3.05) is 6.61 Å². The molecule has 1 saturated heterocycles. The van der Waals surface area contributed by atoms with E-state index in [4.69, 9.17) is 13.7 Å². The van der Waals surface area contributed by atoms with Crippen LogP contribution in [0, 0.1) is 5.82 Å². The summed E-state index contributed by atoms with van der Waals surface area (Å²) >= 11 is 0. The van der Waals surface area contributed by atoms with Crippen LogP contribution in [0.4, 0.5) is 4.39 Å². The van der Waals surface area contributed by atoms with Gasteiger partial charge in [0.05, 0.1) is 12.9 Å². The standard InChI is InChI=1S/C17H27FN3O7PSi/c1-17(2,3)30(4,5)28-13-12(27-29(24)25)10(7-22)26-16(13)21-6-9(18)11-14(21)19-8-20-15(11)23/h6,8,10,12-13,16,22,29H,7H2,1-5H3,(H,24,25)(H,19,20,23)/t10-,12-,13-,16-/m1/s1. The van der Waals surface area contributed by atoms with Gasteiger partial charge in [-0.2, -0.15) is 0 Å². The molecule has 0 saturated carbocycles. The molecule has 10 nitrogen and oxygen atoms in total. The number of hydrogen-bond donors (Lipinski definition) is 3. The van der Waals surface area contributed by atoms with Crippen LogP contribution in [0.3, 0.4) is 0 Å². The van der Waals surface area contributed by atoms with Crippen molar-refractivity contribution in [1.82, 2.24) is 14.5 Å². The Morgan fingerprint density at radius 2 is 2.07 bits per heavy atom. The van der Waals surface area contributed by atoms with Crippen molar-refractivity contribution in [3.63, 3.8) is 0 Å². The number of aliphatic hydroxyl groups is 1. The van der Waals surface area contributed by atoms with Crippen LogP contribution in [0.1, 0.15) is 27.0 Å². The molecular formula is C17H27FN3O7PSi. The average Bonchev–Trinajstić information content (AvgIpc) is 3.12. The number of H-pyrrole nitrogens is 1. The molecule has 0 aromatic carbocycles. The third-order valence-corrected chi connectivity index (χ3v) is 10.7. The van der Waals surface area contributed by atoms with Gasteiger partial charge in [0, 0.05) is 6.20 Å². The Bertz CT molecular complexity index is 1010. The summed E-state index contributed by atoms with van der Waals surface area (Å²) in [6.45, 7) is 9.50. The number of hydrogen-bond acceptors (Lipinski definition) is 7. The molecule has 1 unspecified atom stereocenters. The zero-order valence-electron chi connectivity index (χ0n) is 17.4. The predicted molar refractivity (Wildman–Crippen MR) is 109 cm³/mol. The van der Waals surface area contributed by atoms with Crippen molar-refractivity contribution in [1.29, 1.82) is 0 Å². The van der Waals surface area contributed by atoms with Crippen LogP contribution in [0.15, 0.2) is 17.3 Å². The minimum atomic E-state index is -3.39. The van der Waals surface area contributed by atoms with Gasteiger partial charge in [0.25, 0.3) is 5.56 Å². The summed E-state index contributed by atoms with van der Waals surface area (Å²) in [6.07, 6.45) is -1.84. The van der Waals surface area contributed by atoms with Crippen molar-refractivity contribution in [3.8, 4) is 0 Å². The van der Waals surface area contributed by atoms with Crippen LogP contribution in [-0.4, -0.2) is 57.8 Å². The second kappa shape index (κ2) is 8.27. The van der Waals surface area contributed by atoms with Gasteiger partial charge in [-0.15, -0.1) is 0 Å². The molecule has 2 aromatic rings. The van der Waals surface area contributed by atoms with E-state index in [-0.39, 0.29) is 16.1 Å². The summed E-state index contributed by atoms with van der Waals surface area (Å²) in [5.74, 6) is -0.797. The van der Waals surface area contributed by atoms with E-state index in [0.29, 0.717) is 0 Å². The Morgan fingerprint density at radius 1 is 1.40 bits per heavy atom. The number of nitrogens with one attached hydrogen (secondary N) is 1. The fraction of sp³-hybridized carbons (Fsp3) is 0.647. The van der Waals surface area contributed by atoms with E-state index < -0.39 is 59.1 Å². The number of nitrogens with zero attached hydrogens (tertiary/aromatic N) is 2. The lowest BCUT2D eigenvalue weighted by molar-refractivity contribution is -0.0486. The number of fused-ring (bicyclic) bond motifs is 1. The van der Waals surface area contributed by atoms with Gasteiger partial charge < -0.3 is 33.2 Å². The van der Waals surface area contributed by atoms with Gasteiger partial charge in [0.2, 0.25) is 0 Å². The van der Waals surface area contributed by atoms with Crippen molar-refractivity contribution in [2.24, 2.45) is 0 Å². The molecular weight excluding hydrogens is 436 g/mol. The zero-order valence-corrected chi connectivity index (χ0v) is 19.4. The van der Waals surface area contributed by atoms with Crippen molar-refractivity contribution in [2.45, 2.75) is 63.4 Å². The van der Waals surface area contributed by atoms with Gasteiger partial charge in [-0.25, -0.2) is 9.37 Å². The molecule has 13 heteroatoms. The molecule has 30 heavy (non-hydrogen) atoms. The van der Waals surface area contributed by atoms with Crippen LogP contribution in [0.25, 0.3) is 11.0 Å². The quantitative estimate of drug-likeness (QED) is 0.437. The summed E-state index contributed by atoms with van der Waals surface area (Å²) in [5, 5.41) is 9.32. The highest BCUT2D eigenvalue weighted by Crippen LogP contribution is 2.44. The molecule has 3 N–H and O–H groups in total. The monoisotopic (exact) mass is 463 g/mol. The first kappa shape index (κ1) is 23.3. The van der Waals surface area contributed by atoms with Crippen LogP contribution in [0.5, 0.6) is 0 Å². The van der Waals surface area contributed by atoms with Gasteiger partial charge in [-0.3, -0.25) is 9.36 Å². The fourth-order valence-corrected chi connectivity index (χ4v) is 5.03. The maximum Gasteiger partial charge on any atom is 0.317 e. The molecule has 0 amide bonds. The first-order valence-electron chi connectivity index (χ1n) is 9.45. The van der Waals surface area contributed by atoms with Crippen LogP contribution in [0.2, 0.25) is 18.1 Å². The number of aliphatic hydroxyl groups excluding tert-OH is 1. The van der Waals surface area contributed by atoms with Gasteiger partial charge in [-0.1, -0.05) is 20.8 Å². The molecule has 3 heterocycles. The maximum atomic E-state index is 14.5. The lowest BCUT2D eigenvalue weighted by Crippen LogP contribution is -2.49. The lowest BCUT2D eigenvalue weighted by Gasteiger charge is -2.40.